The van der Waals surface area contributed by atoms with Gasteiger partial charge in [-0.05, 0) is 154 Å². The number of hydrogen-bond donors (Lipinski definition) is 2. The number of carboxylic acid groups (broad SMARTS) is 1. The Bertz CT molecular complexity index is 2270. The zero-order valence-electron chi connectivity index (χ0n) is 31.9. The van der Waals surface area contributed by atoms with Crippen LogP contribution in [0.25, 0.3) is 11.0 Å². The molecule has 12 heteroatoms. The molecule has 2 aliphatic rings. The number of halogens is 1. The van der Waals surface area contributed by atoms with Gasteiger partial charge in [0.05, 0.1) is 13.4 Å². The minimum Gasteiger partial charge on any atom is -0.503 e. The van der Waals surface area contributed by atoms with Crippen molar-refractivity contribution in [3.8, 4) is 23.0 Å². The second kappa shape index (κ2) is 15.5. The molecule has 0 aliphatic heterocycles. The lowest BCUT2D eigenvalue weighted by atomic mass is 9.92. The highest BCUT2D eigenvalue weighted by Gasteiger charge is 2.34. The average molecular weight is 804 g/mol. The molecule has 4 aromatic rings. The molecule has 0 spiro atoms. The van der Waals surface area contributed by atoms with Gasteiger partial charge in [0.25, 0.3) is 0 Å². The van der Waals surface area contributed by atoms with Crippen LogP contribution in [0, 0.1) is 54.4 Å². The number of furan rings is 1. The van der Waals surface area contributed by atoms with Crippen molar-refractivity contribution in [1.29, 1.82) is 0 Å². The van der Waals surface area contributed by atoms with Crippen molar-refractivity contribution >= 4 is 50.4 Å². The van der Waals surface area contributed by atoms with Gasteiger partial charge < -0.3 is 24.1 Å². The highest BCUT2D eigenvalue weighted by Crippen LogP contribution is 2.48. The standard InChI is InChI=1S/C28H29BrO8.C14H14O3/c1-12-9-19(31)11-21(34-8)23(12)28(33)35-26-16(5)17(6)27(25(32)24(26)29)37-36-20-10-13(2)22(18(7)30)15(4)14(20)3;1-7-8(2)12(14(15)16)13-10(5-6-17-13)11(7)9-3-4-9/h9-11,23,32H,1-8H3;5-6,9H,3-4H2,1-2H3,(H,15,16). The molecule has 1 fully saturated rings. The molecule has 1 heterocycles. The molecule has 2 aliphatic carbocycles. The number of fused-ring (bicyclic) bond motifs is 1. The van der Waals surface area contributed by atoms with Gasteiger partial charge in [0.2, 0.25) is 5.75 Å². The number of esters is 1. The highest BCUT2D eigenvalue weighted by molar-refractivity contribution is 9.10. The molecular weight excluding hydrogens is 760 g/mol. The maximum absolute atomic E-state index is 13.1. The van der Waals surface area contributed by atoms with E-state index in [9.17, 15) is 29.4 Å². The van der Waals surface area contributed by atoms with Crippen molar-refractivity contribution < 1.29 is 53.1 Å². The third kappa shape index (κ3) is 7.39. The smallest absolute Gasteiger partial charge is 0.339 e. The number of benzene rings is 3. The second-order valence-electron chi connectivity index (χ2n) is 13.8. The van der Waals surface area contributed by atoms with Gasteiger partial charge in [0.1, 0.15) is 27.3 Å². The largest absolute Gasteiger partial charge is 0.503 e. The number of carbonyl (C=O) groups is 4. The Morgan fingerprint density at radius 3 is 2.07 bits per heavy atom. The van der Waals surface area contributed by atoms with Crippen molar-refractivity contribution in [3.05, 3.63) is 102 Å². The Morgan fingerprint density at radius 1 is 0.852 bits per heavy atom. The summed E-state index contributed by atoms with van der Waals surface area (Å²) in [5.74, 6) is -1.82. The van der Waals surface area contributed by atoms with E-state index in [1.165, 1.54) is 44.6 Å². The number of ketones is 2. The summed E-state index contributed by atoms with van der Waals surface area (Å²) in [5, 5.41) is 21.2. The summed E-state index contributed by atoms with van der Waals surface area (Å²) in [7, 11) is 1.37. The number of carboxylic acids is 1. The minimum atomic E-state index is -0.909. The predicted molar refractivity (Wildman–Crippen MR) is 205 cm³/mol. The van der Waals surface area contributed by atoms with Crippen molar-refractivity contribution in [2.45, 2.75) is 81.1 Å². The number of allylic oxidation sites excluding steroid dienone is 2. The zero-order valence-corrected chi connectivity index (χ0v) is 33.5. The topological polar surface area (TPSA) is 159 Å². The molecule has 11 nitrogen and oxygen atoms in total. The van der Waals surface area contributed by atoms with Crippen LogP contribution in [0.4, 0.5) is 0 Å². The summed E-state index contributed by atoms with van der Waals surface area (Å²) in [6, 6.07) is 3.59. The van der Waals surface area contributed by atoms with Gasteiger partial charge in [-0.3, -0.25) is 24.2 Å². The number of aromatic carboxylic acids is 1. The van der Waals surface area contributed by atoms with E-state index in [0.29, 0.717) is 45.1 Å². The zero-order chi connectivity index (χ0) is 39.9. The molecule has 1 atom stereocenters. The van der Waals surface area contributed by atoms with Gasteiger partial charge in [0, 0.05) is 28.2 Å². The molecule has 6 rings (SSSR count). The monoisotopic (exact) mass is 802 g/mol. The van der Waals surface area contributed by atoms with E-state index in [2.05, 4.69) is 15.9 Å². The Labute approximate surface area is 321 Å². The van der Waals surface area contributed by atoms with Crippen molar-refractivity contribution in [3.63, 3.8) is 0 Å². The highest BCUT2D eigenvalue weighted by atomic mass is 79.9. The molecule has 54 heavy (non-hydrogen) atoms. The maximum atomic E-state index is 13.1. The summed E-state index contributed by atoms with van der Waals surface area (Å²) in [6.45, 7) is 15.9. The molecule has 0 amide bonds. The lowest BCUT2D eigenvalue weighted by Crippen LogP contribution is -2.27. The molecule has 3 aromatic carbocycles. The Hall–Kier alpha value is -5.36. The lowest BCUT2D eigenvalue weighted by Gasteiger charge is -2.23. The number of hydrogen-bond acceptors (Lipinski definition) is 10. The van der Waals surface area contributed by atoms with E-state index in [4.69, 9.17) is 23.7 Å². The van der Waals surface area contributed by atoms with Crippen LogP contribution >= 0.6 is 15.9 Å². The molecule has 284 valence electrons. The summed E-state index contributed by atoms with van der Waals surface area (Å²) >= 11 is 3.30. The lowest BCUT2D eigenvalue weighted by molar-refractivity contribution is -0.137. The quantitative estimate of drug-likeness (QED) is 0.0546. The number of phenols is 1. The number of methoxy groups -OCH3 is 1. The summed E-state index contributed by atoms with van der Waals surface area (Å²) in [5.41, 5.74) is 8.43. The van der Waals surface area contributed by atoms with Crippen LogP contribution in [0.3, 0.4) is 0 Å². The summed E-state index contributed by atoms with van der Waals surface area (Å²) < 4.78 is 16.4. The van der Waals surface area contributed by atoms with Crippen molar-refractivity contribution in [1.82, 2.24) is 0 Å². The molecular formula is C42H43BrO11. The second-order valence-corrected chi connectivity index (χ2v) is 14.6. The fraction of sp³-hybridized carbons (Fsp3) is 0.333. The van der Waals surface area contributed by atoms with Crippen LogP contribution in [0.15, 0.2) is 50.8 Å². The van der Waals surface area contributed by atoms with E-state index in [-0.39, 0.29) is 39.0 Å². The van der Waals surface area contributed by atoms with E-state index in [0.717, 1.165) is 33.2 Å². The van der Waals surface area contributed by atoms with E-state index < -0.39 is 17.9 Å². The Kier molecular flexibility index (Phi) is 11.5. The van der Waals surface area contributed by atoms with E-state index in [1.54, 1.807) is 33.1 Å². The number of aryl methyl sites for hydroxylation is 1. The first-order valence-corrected chi connectivity index (χ1v) is 18.1. The number of Topliss-reactive ketones (excluding diaryl/α,β-unsaturated/α-hetero) is 1. The Morgan fingerprint density at radius 2 is 1.48 bits per heavy atom. The summed E-state index contributed by atoms with van der Waals surface area (Å²) in [6.07, 6.45) is 6.58. The normalized spacial score (nSPS) is 15.2. The first-order valence-electron chi connectivity index (χ1n) is 17.3. The SMILES string of the molecule is COC1=CC(=O)C=C(C)C1C(=O)Oc1c(C)c(C)c(OOc2cc(C)c(C(C)=O)c(C)c2C)c(O)c1Br.Cc1c(C)c(C(=O)O)c2occc2c1C1CC1. The average Bonchev–Trinajstić information content (AvgIpc) is 3.83. The predicted octanol–water partition coefficient (Wildman–Crippen LogP) is 9.48. The van der Waals surface area contributed by atoms with Gasteiger partial charge in [-0.2, -0.15) is 0 Å². The van der Waals surface area contributed by atoms with Crippen LogP contribution in [0.1, 0.15) is 97.8 Å². The molecule has 1 saturated carbocycles. The number of ether oxygens (including phenoxy) is 2. The number of phenolic OH excluding ortho intramolecular Hbond substituents is 1. The van der Waals surface area contributed by atoms with E-state index in [1.807, 2.05) is 40.7 Å². The van der Waals surface area contributed by atoms with Crippen molar-refractivity contribution in [2.75, 3.05) is 7.11 Å². The van der Waals surface area contributed by atoms with Gasteiger partial charge >= 0.3 is 11.9 Å². The Balaban J connectivity index is 0.000000271. The van der Waals surface area contributed by atoms with Gasteiger partial charge in [0.15, 0.2) is 28.8 Å². The third-order valence-corrected chi connectivity index (χ3v) is 11.0. The van der Waals surface area contributed by atoms with Gasteiger partial charge in [-0.15, -0.1) is 0 Å². The van der Waals surface area contributed by atoms with E-state index >= 15 is 0 Å². The molecule has 0 bridgehead atoms. The fourth-order valence-corrected chi connectivity index (χ4v) is 7.50. The van der Waals surface area contributed by atoms with Crippen LogP contribution in [-0.2, 0) is 14.3 Å². The molecule has 0 radical (unpaired) electrons. The molecule has 2 N–H and O–H groups in total. The number of carbonyl (C=O) groups excluding carboxylic acids is 3. The van der Waals surface area contributed by atoms with Crippen LogP contribution in [0.2, 0.25) is 0 Å². The van der Waals surface area contributed by atoms with Crippen LogP contribution < -0.4 is 14.5 Å². The van der Waals surface area contributed by atoms with Crippen molar-refractivity contribution in [2.24, 2.45) is 5.92 Å². The minimum absolute atomic E-state index is 0.0336. The van der Waals surface area contributed by atoms with Gasteiger partial charge in [-0.1, -0.05) is 0 Å². The molecule has 1 unspecified atom stereocenters. The van der Waals surface area contributed by atoms with Crippen LogP contribution in [-0.4, -0.2) is 40.8 Å². The first-order chi connectivity index (χ1) is 25.4. The first kappa shape index (κ1) is 39.8. The molecule has 1 aromatic heterocycles. The maximum Gasteiger partial charge on any atom is 0.339 e. The summed E-state index contributed by atoms with van der Waals surface area (Å²) in [4.78, 5) is 59.4. The third-order valence-electron chi connectivity index (χ3n) is 10.3. The fourth-order valence-electron chi connectivity index (χ4n) is 6.94. The number of rotatable bonds is 9. The van der Waals surface area contributed by atoms with Crippen LogP contribution in [0.5, 0.6) is 23.0 Å². The number of aromatic hydroxyl groups is 1. The van der Waals surface area contributed by atoms with Gasteiger partial charge in [-0.25, -0.2) is 4.79 Å². The molecule has 0 saturated heterocycles.